The van der Waals surface area contributed by atoms with Crippen LogP contribution in [0.3, 0.4) is 0 Å². The molecule has 0 heterocycles. The van der Waals surface area contributed by atoms with Crippen molar-refractivity contribution in [2.45, 2.75) is 20.3 Å². The van der Waals surface area contributed by atoms with E-state index >= 15 is 0 Å². The molecule has 1 unspecified atom stereocenters. The Hall–Kier alpha value is -2.58. The summed E-state index contributed by atoms with van der Waals surface area (Å²) in [5.41, 5.74) is 14.8. The van der Waals surface area contributed by atoms with Crippen LogP contribution in [0.4, 0.5) is 8.78 Å². The van der Waals surface area contributed by atoms with E-state index in [1.165, 1.54) is 0 Å². The first kappa shape index (κ1) is 14.4. The molecule has 0 spiro atoms. The highest BCUT2D eigenvalue weighted by Gasteiger charge is 2.29. The van der Waals surface area contributed by atoms with Crippen LogP contribution in [0.5, 0.6) is 0 Å². The van der Waals surface area contributed by atoms with Crippen molar-refractivity contribution in [1.29, 1.82) is 0 Å². The molecule has 0 bridgehead atoms. The van der Waals surface area contributed by atoms with E-state index in [4.69, 9.17) is 0 Å². The minimum atomic E-state index is -0.821. The van der Waals surface area contributed by atoms with Crippen molar-refractivity contribution >= 4 is 0 Å². The molecule has 22 heavy (non-hydrogen) atoms. The number of hydrogen-bond acceptors (Lipinski definition) is 0. The zero-order valence-corrected chi connectivity index (χ0v) is 12.4. The summed E-state index contributed by atoms with van der Waals surface area (Å²) in [5.74, 6) is -2.20. The molecule has 0 N–H and O–H groups in total. The molecule has 0 aromatic heterocycles. The smallest absolute Gasteiger partial charge is 0.163 e. The van der Waals surface area contributed by atoms with Crippen LogP contribution in [-0.4, -0.2) is 0 Å². The van der Waals surface area contributed by atoms with Crippen molar-refractivity contribution in [1.82, 2.24) is 0 Å². The van der Waals surface area contributed by atoms with Gasteiger partial charge >= 0.3 is 0 Å². The number of allylic oxidation sites excluding steroid dienone is 12. The second kappa shape index (κ2) is 5.66. The van der Waals surface area contributed by atoms with Crippen molar-refractivity contribution in [2.24, 2.45) is 5.92 Å². The monoisotopic (exact) mass is 292 g/mol. The second-order valence-electron chi connectivity index (χ2n) is 5.47. The maximum absolute atomic E-state index is 14.4. The van der Waals surface area contributed by atoms with Gasteiger partial charge in [-0.3, -0.25) is 0 Å². The molecule has 0 saturated heterocycles. The average Bonchev–Trinajstić information content (AvgIpc) is 2.52. The minimum absolute atomic E-state index is 0.251. The normalized spacial score (nSPS) is 23.1. The molecule has 0 amide bonds. The Morgan fingerprint density at radius 3 is 2.18 bits per heavy atom. The number of rotatable bonds is 2. The fourth-order valence-electron chi connectivity index (χ4n) is 2.49. The van der Waals surface area contributed by atoms with Crippen molar-refractivity contribution in [3.8, 4) is 0 Å². The van der Waals surface area contributed by atoms with Gasteiger partial charge in [0.05, 0.1) is 5.92 Å². The van der Waals surface area contributed by atoms with Gasteiger partial charge in [-0.25, -0.2) is 8.78 Å². The molecule has 0 fully saturated rings. The highest BCUT2D eigenvalue weighted by molar-refractivity contribution is 5.55. The quantitative estimate of drug-likeness (QED) is 0.591. The highest BCUT2D eigenvalue weighted by Crippen LogP contribution is 2.39. The van der Waals surface area contributed by atoms with Crippen LogP contribution in [0.15, 0.2) is 92.8 Å². The topological polar surface area (TPSA) is 0 Å². The third-order valence-electron chi connectivity index (χ3n) is 3.79. The Kier molecular flexibility index (Phi) is 3.70. The van der Waals surface area contributed by atoms with Gasteiger partial charge in [0.2, 0.25) is 0 Å². The number of hydrogen-bond donors (Lipinski definition) is 0. The molecule has 3 aliphatic carbocycles. The van der Waals surface area contributed by atoms with Gasteiger partial charge in [0.15, 0.2) is 5.83 Å². The largest absolute Gasteiger partial charge is 0.208 e. The number of halogens is 2. The first-order valence-electron chi connectivity index (χ1n) is 7.13. The Balaban J connectivity index is 2.00. The zero-order chi connectivity index (χ0) is 15.7. The van der Waals surface area contributed by atoms with Gasteiger partial charge in [-0.2, -0.15) is 0 Å². The van der Waals surface area contributed by atoms with Crippen LogP contribution in [0, 0.1) is 5.92 Å². The summed E-state index contributed by atoms with van der Waals surface area (Å²) in [7, 11) is 0. The van der Waals surface area contributed by atoms with Crippen molar-refractivity contribution in [3.63, 3.8) is 0 Å². The summed E-state index contributed by atoms with van der Waals surface area (Å²) in [6.45, 7) is 3.76. The lowest BCUT2D eigenvalue weighted by Crippen LogP contribution is -2.10. The molecule has 0 nitrogen and oxygen atoms in total. The summed E-state index contributed by atoms with van der Waals surface area (Å²) < 4.78 is 28.9. The van der Waals surface area contributed by atoms with Crippen LogP contribution < -0.4 is 0 Å². The lowest BCUT2D eigenvalue weighted by Gasteiger charge is -2.21. The van der Waals surface area contributed by atoms with Crippen LogP contribution >= 0.6 is 0 Å². The standard InChI is InChI=1S/C20H14F2/c1-13-3-7-15(8-4-13)17-11-12-18(20(22)19(17)21)16-9-5-14(2)6-10-16/h3,5,7,9,11,18H,12H2,1-2H3. The van der Waals surface area contributed by atoms with Gasteiger partial charge in [0.1, 0.15) is 5.83 Å². The minimum Gasteiger partial charge on any atom is -0.208 e. The van der Waals surface area contributed by atoms with E-state index in [0.29, 0.717) is 17.6 Å². The maximum atomic E-state index is 14.4. The second-order valence-corrected chi connectivity index (χ2v) is 5.47. The van der Waals surface area contributed by atoms with E-state index in [0.717, 1.165) is 11.1 Å². The molecule has 3 rings (SSSR count). The SMILES string of the molecule is CC1=C=C=C(C2=CCC(C3=C=C=C(C)C=C3)C(F)=C2F)C=C1. The molecule has 0 aromatic carbocycles. The van der Waals surface area contributed by atoms with Gasteiger partial charge in [-0.15, -0.1) is 0 Å². The lowest BCUT2D eigenvalue weighted by molar-refractivity contribution is 0.456. The molecular weight excluding hydrogens is 278 g/mol. The third-order valence-corrected chi connectivity index (χ3v) is 3.79. The Bertz CT molecular complexity index is 874. The van der Waals surface area contributed by atoms with Gasteiger partial charge in [0, 0.05) is 16.7 Å². The van der Waals surface area contributed by atoms with Gasteiger partial charge in [-0.1, -0.05) is 29.0 Å². The van der Waals surface area contributed by atoms with Crippen molar-refractivity contribution in [3.05, 3.63) is 92.8 Å². The van der Waals surface area contributed by atoms with Gasteiger partial charge < -0.3 is 0 Å². The molecule has 0 saturated carbocycles. The molecular formula is C20H14F2. The van der Waals surface area contributed by atoms with Crippen molar-refractivity contribution < 1.29 is 8.78 Å². The summed E-state index contributed by atoms with van der Waals surface area (Å²) in [4.78, 5) is 0. The van der Waals surface area contributed by atoms with E-state index in [9.17, 15) is 8.78 Å². The van der Waals surface area contributed by atoms with Crippen LogP contribution in [0.2, 0.25) is 0 Å². The fourth-order valence-corrected chi connectivity index (χ4v) is 2.49. The molecule has 2 heteroatoms. The molecule has 1 atom stereocenters. The third kappa shape index (κ3) is 2.61. The van der Waals surface area contributed by atoms with E-state index in [-0.39, 0.29) is 5.57 Å². The highest BCUT2D eigenvalue weighted by atomic mass is 19.2. The molecule has 108 valence electrons. The van der Waals surface area contributed by atoms with Crippen LogP contribution in [0.25, 0.3) is 0 Å². The van der Waals surface area contributed by atoms with E-state index in [1.54, 1.807) is 18.2 Å². The van der Waals surface area contributed by atoms with E-state index in [1.807, 2.05) is 26.0 Å². The van der Waals surface area contributed by atoms with Crippen molar-refractivity contribution in [2.75, 3.05) is 0 Å². The Labute approximate surface area is 128 Å². The van der Waals surface area contributed by atoms with Gasteiger partial charge in [-0.05, 0) is 55.7 Å². The zero-order valence-electron chi connectivity index (χ0n) is 12.4. The van der Waals surface area contributed by atoms with E-state index in [2.05, 4.69) is 22.9 Å². The average molecular weight is 292 g/mol. The Morgan fingerprint density at radius 1 is 0.909 bits per heavy atom. The van der Waals surface area contributed by atoms with E-state index < -0.39 is 17.6 Å². The van der Waals surface area contributed by atoms with Crippen LogP contribution in [-0.2, 0) is 0 Å². The Morgan fingerprint density at radius 2 is 1.59 bits per heavy atom. The predicted octanol–water partition coefficient (Wildman–Crippen LogP) is 5.48. The fraction of sp³-hybridized carbons (Fsp3) is 0.200. The summed E-state index contributed by atoms with van der Waals surface area (Å²) in [5, 5.41) is 0. The summed E-state index contributed by atoms with van der Waals surface area (Å²) >= 11 is 0. The first-order valence-corrected chi connectivity index (χ1v) is 7.13. The molecule has 0 radical (unpaired) electrons. The van der Waals surface area contributed by atoms with Gasteiger partial charge in [0.25, 0.3) is 0 Å². The molecule has 3 aliphatic rings. The summed E-state index contributed by atoms with van der Waals surface area (Å²) in [6, 6.07) is 0. The van der Waals surface area contributed by atoms with Crippen LogP contribution in [0.1, 0.15) is 20.3 Å². The molecule has 0 aliphatic heterocycles. The predicted molar refractivity (Wildman–Crippen MR) is 83.2 cm³/mol. The maximum Gasteiger partial charge on any atom is 0.163 e. The molecule has 0 aromatic rings. The summed E-state index contributed by atoms with van der Waals surface area (Å²) in [6.07, 6.45) is 9.26. The lowest BCUT2D eigenvalue weighted by atomic mass is 9.85. The first-order chi connectivity index (χ1) is 10.6.